The molecule has 0 radical (unpaired) electrons. The zero-order chi connectivity index (χ0) is 20.3. The van der Waals surface area contributed by atoms with Crippen LogP contribution in [0.4, 0.5) is 5.69 Å². The Labute approximate surface area is 176 Å². The van der Waals surface area contributed by atoms with Crippen LogP contribution in [0, 0.1) is 0 Å². The van der Waals surface area contributed by atoms with Gasteiger partial charge in [0.1, 0.15) is 4.21 Å². The highest BCUT2D eigenvalue weighted by molar-refractivity contribution is 7.91. The van der Waals surface area contributed by atoms with Crippen molar-refractivity contribution < 1.29 is 8.42 Å². The standard InChI is InChI=1S/C19H27ClN4O2S2/c1-22(2)16-6-4-15(5-7-16)17(24-12-10-23(3)11-13-24)14-21-28(25,26)19-9-8-18(20)27-19/h4-9,17,21H,10-14H2,1-3H3. The maximum Gasteiger partial charge on any atom is 0.250 e. The van der Waals surface area contributed by atoms with Gasteiger partial charge in [0, 0.05) is 58.5 Å². The fraction of sp³-hybridized carbons (Fsp3) is 0.474. The maximum atomic E-state index is 12.7. The Hall–Kier alpha value is -1.16. The van der Waals surface area contributed by atoms with Crippen LogP contribution >= 0.6 is 22.9 Å². The van der Waals surface area contributed by atoms with Crippen LogP contribution < -0.4 is 9.62 Å². The summed E-state index contributed by atoms with van der Waals surface area (Å²) in [6.45, 7) is 4.08. The van der Waals surface area contributed by atoms with Crippen molar-refractivity contribution in [1.29, 1.82) is 0 Å². The fourth-order valence-corrected chi connectivity index (χ4v) is 5.85. The first kappa shape index (κ1) is 21.5. The lowest BCUT2D eigenvalue weighted by Gasteiger charge is -2.38. The van der Waals surface area contributed by atoms with E-state index in [4.69, 9.17) is 11.6 Å². The number of likely N-dealkylation sites (N-methyl/N-ethyl adjacent to an activating group) is 1. The van der Waals surface area contributed by atoms with Crippen LogP contribution in [-0.2, 0) is 10.0 Å². The summed E-state index contributed by atoms with van der Waals surface area (Å²) in [5.41, 5.74) is 2.23. The van der Waals surface area contributed by atoms with Crippen molar-refractivity contribution in [3.63, 3.8) is 0 Å². The van der Waals surface area contributed by atoms with Gasteiger partial charge in [-0.3, -0.25) is 4.90 Å². The van der Waals surface area contributed by atoms with E-state index in [1.165, 1.54) is 0 Å². The molecule has 1 aliphatic heterocycles. The second kappa shape index (κ2) is 9.11. The van der Waals surface area contributed by atoms with E-state index in [0.717, 1.165) is 48.8 Å². The number of sulfonamides is 1. The van der Waals surface area contributed by atoms with E-state index in [1.807, 2.05) is 14.1 Å². The molecule has 1 aromatic carbocycles. The summed E-state index contributed by atoms with van der Waals surface area (Å²) in [6, 6.07) is 11.5. The molecular formula is C19H27ClN4O2S2. The van der Waals surface area contributed by atoms with Crippen molar-refractivity contribution in [1.82, 2.24) is 14.5 Å². The highest BCUT2D eigenvalue weighted by atomic mass is 35.5. The number of benzene rings is 1. The molecule has 1 saturated heterocycles. The first-order chi connectivity index (χ1) is 13.3. The molecule has 0 amide bonds. The number of nitrogens with zero attached hydrogens (tertiary/aromatic N) is 3. The fourth-order valence-electron chi connectivity index (χ4n) is 3.29. The van der Waals surface area contributed by atoms with Crippen LogP contribution in [0.5, 0.6) is 0 Å². The molecule has 154 valence electrons. The molecule has 6 nitrogen and oxygen atoms in total. The summed E-state index contributed by atoms with van der Waals surface area (Å²) in [6.07, 6.45) is 0. The SMILES string of the molecule is CN1CCN(C(CNS(=O)(=O)c2ccc(Cl)s2)c2ccc(N(C)C)cc2)CC1. The van der Waals surface area contributed by atoms with Crippen LogP contribution in [0.15, 0.2) is 40.6 Å². The number of piperazine rings is 1. The monoisotopic (exact) mass is 442 g/mol. The predicted octanol–water partition coefficient (Wildman–Crippen LogP) is 2.73. The molecule has 0 aliphatic carbocycles. The molecular weight excluding hydrogens is 416 g/mol. The lowest BCUT2D eigenvalue weighted by atomic mass is 10.0. The van der Waals surface area contributed by atoms with Crippen LogP contribution in [0.2, 0.25) is 4.34 Å². The lowest BCUT2D eigenvalue weighted by Crippen LogP contribution is -2.48. The van der Waals surface area contributed by atoms with E-state index in [-0.39, 0.29) is 10.3 Å². The molecule has 9 heteroatoms. The summed E-state index contributed by atoms with van der Waals surface area (Å²) in [5.74, 6) is 0. The quantitative estimate of drug-likeness (QED) is 0.714. The van der Waals surface area contributed by atoms with Gasteiger partial charge in [-0.2, -0.15) is 0 Å². The van der Waals surface area contributed by atoms with E-state index >= 15 is 0 Å². The predicted molar refractivity (Wildman–Crippen MR) is 117 cm³/mol. The number of rotatable bonds is 7. The molecule has 28 heavy (non-hydrogen) atoms. The summed E-state index contributed by atoms with van der Waals surface area (Å²) in [4.78, 5) is 6.70. The highest BCUT2D eigenvalue weighted by Crippen LogP contribution is 2.27. The van der Waals surface area contributed by atoms with Crippen molar-refractivity contribution in [2.45, 2.75) is 10.3 Å². The van der Waals surface area contributed by atoms with E-state index in [0.29, 0.717) is 10.9 Å². The molecule has 1 atom stereocenters. The zero-order valence-corrected chi connectivity index (χ0v) is 18.8. The second-order valence-corrected chi connectivity index (χ2v) is 11.0. The number of anilines is 1. The van der Waals surface area contributed by atoms with Gasteiger partial charge in [-0.05, 0) is 36.9 Å². The minimum absolute atomic E-state index is 0.0184. The minimum atomic E-state index is -3.57. The van der Waals surface area contributed by atoms with Gasteiger partial charge in [-0.15, -0.1) is 11.3 Å². The Morgan fingerprint density at radius 2 is 1.75 bits per heavy atom. The molecule has 1 aromatic heterocycles. The first-order valence-electron chi connectivity index (χ1n) is 9.21. The molecule has 0 spiro atoms. The lowest BCUT2D eigenvalue weighted by molar-refractivity contribution is 0.113. The topological polar surface area (TPSA) is 55.9 Å². The molecule has 2 aromatic rings. The van der Waals surface area contributed by atoms with Gasteiger partial charge in [-0.25, -0.2) is 13.1 Å². The van der Waals surface area contributed by atoms with Gasteiger partial charge in [-0.1, -0.05) is 23.7 Å². The maximum absolute atomic E-state index is 12.7. The highest BCUT2D eigenvalue weighted by Gasteiger charge is 2.26. The Balaban J connectivity index is 1.80. The number of thiophene rings is 1. The summed E-state index contributed by atoms with van der Waals surface area (Å²) >= 11 is 6.98. The van der Waals surface area contributed by atoms with E-state index in [9.17, 15) is 8.42 Å². The second-order valence-electron chi connectivity index (χ2n) is 7.25. The molecule has 2 heterocycles. The third-order valence-electron chi connectivity index (χ3n) is 5.05. The Morgan fingerprint density at radius 3 is 2.29 bits per heavy atom. The molecule has 1 fully saturated rings. The van der Waals surface area contributed by atoms with Gasteiger partial charge in [0.25, 0.3) is 0 Å². The van der Waals surface area contributed by atoms with Crippen molar-refractivity contribution in [2.75, 3.05) is 58.8 Å². The van der Waals surface area contributed by atoms with E-state index in [2.05, 4.69) is 50.7 Å². The average molecular weight is 443 g/mol. The van der Waals surface area contributed by atoms with Crippen molar-refractivity contribution in [3.05, 3.63) is 46.3 Å². The number of hydrogen-bond acceptors (Lipinski definition) is 6. The number of nitrogens with one attached hydrogen (secondary N) is 1. The van der Waals surface area contributed by atoms with Crippen LogP contribution in [0.3, 0.4) is 0 Å². The van der Waals surface area contributed by atoms with Crippen molar-refractivity contribution in [3.8, 4) is 0 Å². The molecule has 1 N–H and O–H groups in total. The van der Waals surface area contributed by atoms with Gasteiger partial charge in [0.2, 0.25) is 10.0 Å². The van der Waals surface area contributed by atoms with Crippen LogP contribution in [-0.4, -0.2) is 72.1 Å². The number of halogens is 1. The zero-order valence-electron chi connectivity index (χ0n) is 16.4. The van der Waals surface area contributed by atoms with E-state index < -0.39 is 10.0 Å². The van der Waals surface area contributed by atoms with Gasteiger partial charge in [0.15, 0.2) is 0 Å². The van der Waals surface area contributed by atoms with Gasteiger partial charge >= 0.3 is 0 Å². The first-order valence-corrected chi connectivity index (χ1v) is 11.9. The normalized spacial score (nSPS) is 17.6. The van der Waals surface area contributed by atoms with Crippen LogP contribution in [0.25, 0.3) is 0 Å². The molecule has 0 saturated carbocycles. The summed E-state index contributed by atoms with van der Waals surface area (Å²) in [5, 5.41) is 0. The average Bonchev–Trinajstić information content (AvgIpc) is 3.11. The molecule has 3 rings (SSSR count). The Kier molecular flexibility index (Phi) is 7.01. The van der Waals surface area contributed by atoms with E-state index in [1.54, 1.807) is 12.1 Å². The smallest absolute Gasteiger partial charge is 0.250 e. The largest absolute Gasteiger partial charge is 0.378 e. The number of hydrogen-bond donors (Lipinski definition) is 1. The summed E-state index contributed by atoms with van der Waals surface area (Å²) < 4.78 is 28.8. The molecule has 1 aliphatic rings. The Bertz CT molecular complexity index is 876. The van der Waals surface area contributed by atoms with Crippen LogP contribution in [0.1, 0.15) is 11.6 Å². The molecule has 1 unspecified atom stereocenters. The van der Waals surface area contributed by atoms with Gasteiger partial charge in [0.05, 0.1) is 4.34 Å². The van der Waals surface area contributed by atoms with Crippen molar-refractivity contribution >= 4 is 38.6 Å². The Morgan fingerprint density at radius 1 is 1.11 bits per heavy atom. The van der Waals surface area contributed by atoms with Crippen molar-refractivity contribution in [2.24, 2.45) is 0 Å². The summed E-state index contributed by atoms with van der Waals surface area (Å²) in [7, 11) is 2.55. The van der Waals surface area contributed by atoms with Gasteiger partial charge < -0.3 is 9.80 Å². The molecule has 0 bridgehead atoms. The third kappa shape index (κ3) is 5.25. The minimum Gasteiger partial charge on any atom is -0.378 e. The third-order valence-corrected chi connectivity index (χ3v) is 8.20.